The van der Waals surface area contributed by atoms with Crippen molar-refractivity contribution in [1.82, 2.24) is 30.9 Å². The van der Waals surface area contributed by atoms with Crippen LogP contribution in [0.1, 0.15) is 37.1 Å². The number of aromatic amines is 1. The molecule has 0 aliphatic rings. The van der Waals surface area contributed by atoms with Gasteiger partial charge in [-0.3, -0.25) is 14.6 Å². The SMILES string of the molecule is COC(=O)[C@@H](O)[C@H](CC(C)C)NC(=O)[C@@H](Cc1c[nH]cn1)NC(=O)[C@H](Cc1cccnc1)NC(=O)OCc1ccccc1. The van der Waals surface area contributed by atoms with E-state index in [1.54, 1.807) is 42.9 Å². The summed E-state index contributed by atoms with van der Waals surface area (Å²) in [5.41, 5.74) is 1.91. The molecule has 0 fully saturated rings. The van der Waals surface area contributed by atoms with Crippen molar-refractivity contribution in [2.24, 2.45) is 5.92 Å². The molecule has 3 aromatic rings. The number of nitrogens with zero attached hydrogens (tertiary/aromatic N) is 2. The van der Waals surface area contributed by atoms with Gasteiger partial charge in [0.1, 0.15) is 18.7 Å². The molecule has 3 amide bonds. The lowest BCUT2D eigenvalue weighted by molar-refractivity contribution is -0.152. The number of aliphatic hydroxyl groups is 1. The van der Waals surface area contributed by atoms with Crippen molar-refractivity contribution >= 4 is 23.9 Å². The normalized spacial score (nSPS) is 13.7. The lowest BCUT2D eigenvalue weighted by atomic mass is 9.98. The molecule has 13 heteroatoms. The third-order valence-corrected chi connectivity index (χ3v) is 6.46. The molecular formula is C30H38N6O7. The number of pyridine rings is 1. The van der Waals surface area contributed by atoms with Gasteiger partial charge in [0.25, 0.3) is 0 Å². The van der Waals surface area contributed by atoms with Gasteiger partial charge >= 0.3 is 12.1 Å². The Bertz CT molecular complexity index is 1310. The third-order valence-electron chi connectivity index (χ3n) is 6.46. The molecule has 0 aliphatic carbocycles. The Hall–Kier alpha value is -4.78. The molecule has 0 radical (unpaired) electrons. The Morgan fingerprint density at radius 2 is 1.63 bits per heavy atom. The minimum atomic E-state index is -1.61. The number of ether oxygens (including phenoxy) is 2. The van der Waals surface area contributed by atoms with Gasteiger partial charge in [-0.25, -0.2) is 14.6 Å². The molecule has 2 heterocycles. The zero-order valence-electron chi connectivity index (χ0n) is 24.4. The van der Waals surface area contributed by atoms with Crippen molar-refractivity contribution < 1.29 is 33.8 Å². The molecule has 0 saturated heterocycles. The summed E-state index contributed by atoms with van der Waals surface area (Å²) in [4.78, 5) is 63.0. The molecular weight excluding hydrogens is 556 g/mol. The highest BCUT2D eigenvalue weighted by molar-refractivity contribution is 5.92. The second-order valence-corrected chi connectivity index (χ2v) is 10.4. The monoisotopic (exact) mass is 594 g/mol. The molecule has 4 atom stereocenters. The number of aromatic nitrogens is 3. The number of methoxy groups -OCH3 is 1. The first-order valence-corrected chi connectivity index (χ1v) is 13.9. The van der Waals surface area contributed by atoms with Crippen molar-refractivity contribution in [3.8, 4) is 0 Å². The highest BCUT2D eigenvalue weighted by Crippen LogP contribution is 2.12. The van der Waals surface area contributed by atoms with E-state index in [0.717, 1.165) is 12.7 Å². The van der Waals surface area contributed by atoms with Gasteiger partial charge < -0.3 is 35.5 Å². The second-order valence-electron chi connectivity index (χ2n) is 10.4. The molecule has 0 spiro atoms. The van der Waals surface area contributed by atoms with Crippen LogP contribution in [0.3, 0.4) is 0 Å². The van der Waals surface area contributed by atoms with Crippen molar-refractivity contribution in [1.29, 1.82) is 0 Å². The summed E-state index contributed by atoms with van der Waals surface area (Å²) in [5.74, 6) is -2.20. The van der Waals surface area contributed by atoms with Crippen molar-refractivity contribution in [2.45, 2.75) is 63.9 Å². The van der Waals surface area contributed by atoms with Gasteiger partial charge in [0, 0.05) is 31.4 Å². The van der Waals surface area contributed by atoms with Crippen LogP contribution in [-0.4, -0.2) is 75.3 Å². The molecule has 2 aromatic heterocycles. The number of amides is 3. The fourth-order valence-electron chi connectivity index (χ4n) is 4.31. The molecule has 13 nitrogen and oxygen atoms in total. The number of rotatable bonds is 15. The van der Waals surface area contributed by atoms with E-state index < -0.39 is 48.1 Å². The zero-order valence-corrected chi connectivity index (χ0v) is 24.4. The standard InChI is InChI=1S/C30H38N6O7/c1-19(2)12-23(26(37)29(40)42-3)34-28(39)25(14-22-16-32-18-33-22)35-27(38)24(13-21-10-7-11-31-15-21)36-30(41)43-17-20-8-5-4-6-9-20/h4-11,15-16,18-19,23-26,37H,12-14,17H2,1-3H3,(H,32,33)(H,34,39)(H,35,38)(H,36,41)/t23-,24-,25+,26-/m0/s1. The van der Waals surface area contributed by atoms with E-state index >= 15 is 0 Å². The van der Waals surface area contributed by atoms with E-state index in [2.05, 4.69) is 35.6 Å². The lowest BCUT2D eigenvalue weighted by Gasteiger charge is -2.27. The summed E-state index contributed by atoms with van der Waals surface area (Å²) < 4.78 is 9.98. The summed E-state index contributed by atoms with van der Waals surface area (Å²) in [6.45, 7) is 3.74. The minimum Gasteiger partial charge on any atom is -0.467 e. The van der Waals surface area contributed by atoms with Gasteiger partial charge in [0.2, 0.25) is 11.8 Å². The maximum absolute atomic E-state index is 13.6. The van der Waals surface area contributed by atoms with Crippen LogP contribution in [0, 0.1) is 5.92 Å². The number of benzene rings is 1. The van der Waals surface area contributed by atoms with Crippen molar-refractivity contribution in [3.63, 3.8) is 0 Å². The van der Waals surface area contributed by atoms with Crippen LogP contribution in [0.2, 0.25) is 0 Å². The Labute approximate surface area is 249 Å². The Kier molecular flexibility index (Phi) is 12.6. The van der Waals surface area contributed by atoms with E-state index in [0.29, 0.717) is 11.3 Å². The average molecular weight is 595 g/mol. The maximum Gasteiger partial charge on any atom is 0.408 e. The number of hydrogen-bond donors (Lipinski definition) is 5. The van der Waals surface area contributed by atoms with Crippen LogP contribution in [0.15, 0.2) is 67.4 Å². The predicted octanol–water partition coefficient (Wildman–Crippen LogP) is 1.43. The molecule has 0 aliphatic heterocycles. The number of alkyl carbamates (subject to hydrolysis) is 1. The molecule has 0 bridgehead atoms. The topological polar surface area (TPSA) is 185 Å². The zero-order chi connectivity index (χ0) is 31.2. The Balaban J connectivity index is 1.79. The van der Waals surface area contributed by atoms with Gasteiger partial charge in [0.05, 0.1) is 25.2 Å². The number of carbonyl (C=O) groups excluding carboxylic acids is 4. The summed E-state index contributed by atoms with van der Waals surface area (Å²) in [6, 6.07) is 9.25. The van der Waals surface area contributed by atoms with E-state index in [1.165, 1.54) is 6.33 Å². The molecule has 3 rings (SSSR count). The molecule has 1 aromatic carbocycles. The summed E-state index contributed by atoms with van der Waals surface area (Å²) in [7, 11) is 1.14. The second kappa shape index (κ2) is 16.6. The number of aliphatic hydroxyl groups excluding tert-OH is 1. The van der Waals surface area contributed by atoms with Crippen LogP contribution in [-0.2, 0) is 43.3 Å². The summed E-state index contributed by atoms with van der Waals surface area (Å²) in [5, 5.41) is 18.5. The highest BCUT2D eigenvalue weighted by atomic mass is 16.5. The summed E-state index contributed by atoms with van der Waals surface area (Å²) >= 11 is 0. The van der Waals surface area contributed by atoms with Gasteiger partial charge in [-0.2, -0.15) is 0 Å². The Morgan fingerprint density at radius 1 is 0.930 bits per heavy atom. The smallest absolute Gasteiger partial charge is 0.408 e. The Morgan fingerprint density at radius 3 is 2.26 bits per heavy atom. The van der Waals surface area contributed by atoms with Gasteiger partial charge in [0.15, 0.2) is 6.10 Å². The number of carbonyl (C=O) groups is 4. The molecule has 230 valence electrons. The predicted molar refractivity (Wildman–Crippen MR) is 155 cm³/mol. The first kappa shape index (κ1) is 32.7. The lowest BCUT2D eigenvalue weighted by Crippen LogP contribution is -2.58. The largest absolute Gasteiger partial charge is 0.467 e. The van der Waals surface area contributed by atoms with E-state index in [-0.39, 0.29) is 31.8 Å². The van der Waals surface area contributed by atoms with Gasteiger partial charge in [-0.15, -0.1) is 0 Å². The minimum absolute atomic E-state index is 0.00213. The number of nitrogens with one attached hydrogen (secondary N) is 4. The third kappa shape index (κ3) is 10.9. The van der Waals surface area contributed by atoms with Gasteiger partial charge in [-0.05, 0) is 29.5 Å². The number of imidazole rings is 1. The van der Waals surface area contributed by atoms with E-state index in [4.69, 9.17) is 4.74 Å². The average Bonchev–Trinajstić information content (AvgIpc) is 3.52. The highest BCUT2D eigenvalue weighted by Gasteiger charge is 2.33. The number of H-pyrrole nitrogens is 1. The van der Waals surface area contributed by atoms with Crippen molar-refractivity contribution in [2.75, 3.05) is 7.11 Å². The van der Waals surface area contributed by atoms with E-state index in [9.17, 15) is 24.3 Å². The van der Waals surface area contributed by atoms with Crippen LogP contribution >= 0.6 is 0 Å². The molecule has 0 saturated carbocycles. The number of hydrogen-bond acceptors (Lipinski definition) is 9. The van der Waals surface area contributed by atoms with Crippen LogP contribution in [0.4, 0.5) is 4.79 Å². The first-order valence-electron chi connectivity index (χ1n) is 13.9. The van der Waals surface area contributed by atoms with Crippen LogP contribution < -0.4 is 16.0 Å². The van der Waals surface area contributed by atoms with Crippen LogP contribution in [0.25, 0.3) is 0 Å². The first-order chi connectivity index (χ1) is 20.7. The maximum atomic E-state index is 13.6. The summed E-state index contributed by atoms with van der Waals surface area (Å²) in [6.07, 6.45) is 4.05. The fourth-order valence-corrected chi connectivity index (χ4v) is 4.31. The van der Waals surface area contributed by atoms with Crippen molar-refractivity contribution in [3.05, 3.63) is 84.2 Å². The molecule has 5 N–H and O–H groups in total. The molecule has 0 unspecified atom stereocenters. The van der Waals surface area contributed by atoms with Gasteiger partial charge in [-0.1, -0.05) is 50.2 Å². The fraction of sp³-hybridized carbons (Fsp3) is 0.400. The number of esters is 1. The quantitative estimate of drug-likeness (QED) is 0.162. The molecule has 43 heavy (non-hydrogen) atoms. The van der Waals surface area contributed by atoms with E-state index in [1.807, 2.05) is 32.0 Å². The van der Waals surface area contributed by atoms with Crippen LogP contribution in [0.5, 0.6) is 0 Å².